The zero-order valence-electron chi connectivity index (χ0n) is 12.1. The van der Waals surface area contributed by atoms with Gasteiger partial charge in [0.25, 0.3) is 0 Å². The van der Waals surface area contributed by atoms with Gasteiger partial charge < -0.3 is 21.1 Å². The molecule has 0 unspecified atom stereocenters. The van der Waals surface area contributed by atoms with Gasteiger partial charge in [0.2, 0.25) is 11.8 Å². The van der Waals surface area contributed by atoms with Gasteiger partial charge in [-0.25, -0.2) is 0 Å². The van der Waals surface area contributed by atoms with Crippen LogP contribution in [0.2, 0.25) is 0 Å². The molecule has 2 rings (SSSR count). The van der Waals surface area contributed by atoms with Crippen molar-refractivity contribution in [2.45, 2.75) is 0 Å². The van der Waals surface area contributed by atoms with Crippen molar-refractivity contribution in [2.75, 3.05) is 24.3 Å². The van der Waals surface area contributed by atoms with Crippen molar-refractivity contribution >= 4 is 23.2 Å². The van der Waals surface area contributed by atoms with Gasteiger partial charge in [-0.05, 0) is 42.5 Å². The Morgan fingerprint density at radius 1 is 1.09 bits per heavy atom. The molecule has 0 fully saturated rings. The van der Waals surface area contributed by atoms with Crippen molar-refractivity contribution in [2.24, 2.45) is 5.73 Å². The van der Waals surface area contributed by atoms with E-state index < -0.39 is 5.91 Å². The third kappa shape index (κ3) is 4.24. The second kappa shape index (κ2) is 7.12. The first kappa shape index (κ1) is 15.4. The molecule has 0 heterocycles. The molecule has 0 atom stereocenters. The number of primary amides is 1. The Morgan fingerprint density at radius 2 is 1.82 bits per heavy atom. The van der Waals surface area contributed by atoms with E-state index in [-0.39, 0.29) is 12.5 Å². The normalized spacial score (nSPS) is 9.86. The number of benzene rings is 2. The summed E-state index contributed by atoms with van der Waals surface area (Å²) < 4.78 is 5.06. The Kier molecular flexibility index (Phi) is 4.98. The summed E-state index contributed by atoms with van der Waals surface area (Å²) in [4.78, 5) is 23.0. The Morgan fingerprint density at radius 3 is 2.45 bits per heavy atom. The van der Waals surface area contributed by atoms with Gasteiger partial charge in [-0.1, -0.05) is 6.07 Å². The van der Waals surface area contributed by atoms with Gasteiger partial charge in [0, 0.05) is 16.9 Å². The van der Waals surface area contributed by atoms with E-state index in [1.807, 2.05) is 12.1 Å². The Hall–Kier alpha value is -3.02. The van der Waals surface area contributed by atoms with E-state index in [0.29, 0.717) is 11.3 Å². The SMILES string of the molecule is COc1ccc(NCC(=O)Nc2cccc(C(N)=O)c2)cc1. The van der Waals surface area contributed by atoms with Gasteiger partial charge in [0.1, 0.15) is 5.75 Å². The fourth-order valence-electron chi connectivity index (χ4n) is 1.85. The van der Waals surface area contributed by atoms with E-state index in [0.717, 1.165) is 11.4 Å². The first-order valence-electron chi connectivity index (χ1n) is 6.66. The van der Waals surface area contributed by atoms with Crippen LogP contribution in [0.1, 0.15) is 10.4 Å². The number of carbonyl (C=O) groups is 2. The summed E-state index contributed by atoms with van der Waals surface area (Å²) in [5.41, 5.74) is 6.88. The molecule has 2 aromatic rings. The van der Waals surface area contributed by atoms with Gasteiger partial charge in [0.15, 0.2) is 0 Å². The van der Waals surface area contributed by atoms with Crippen LogP contribution in [0.5, 0.6) is 5.75 Å². The van der Waals surface area contributed by atoms with Crippen molar-refractivity contribution in [3.05, 3.63) is 54.1 Å². The van der Waals surface area contributed by atoms with Crippen molar-refractivity contribution in [1.82, 2.24) is 0 Å². The minimum atomic E-state index is -0.535. The first-order valence-corrected chi connectivity index (χ1v) is 6.66. The van der Waals surface area contributed by atoms with Crippen LogP contribution in [0.4, 0.5) is 11.4 Å². The molecule has 0 aliphatic heterocycles. The lowest BCUT2D eigenvalue weighted by atomic mass is 10.2. The van der Waals surface area contributed by atoms with Crippen molar-refractivity contribution in [3.63, 3.8) is 0 Å². The highest BCUT2D eigenvalue weighted by Crippen LogP contribution is 2.15. The highest BCUT2D eigenvalue weighted by molar-refractivity contribution is 5.97. The molecule has 0 saturated heterocycles. The van der Waals surface area contributed by atoms with Gasteiger partial charge in [-0.3, -0.25) is 9.59 Å². The number of rotatable bonds is 6. The molecule has 0 spiro atoms. The molecule has 0 bridgehead atoms. The molecule has 114 valence electrons. The second-order valence-electron chi connectivity index (χ2n) is 4.58. The third-order valence-electron chi connectivity index (χ3n) is 2.97. The average Bonchev–Trinajstić information content (AvgIpc) is 2.53. The fourth-order valence-corrected chi connectivity index (χ4v) is 1.85. The largest absolute Gasteiger partial charge is 0.497 e. The van der Waals surface area contributed by atoms with Crippen molar-refractivity contribution < 1.29 is 14.3 Å². The summed E-state index contributed by atoms with van der Waals surface area (Å²) >= 11 is 0. The Labute approximate surface area is 128 Å². The molecular formula is C16H17N3O3. The first-order chi connectivity index (χ1) is 10.6. The van der Waals surface area contributed by atoms with Gasteiger partial charge >= 0.3 is 0 Å². The molecule has 0 aromatic heterocycles. The second-order valence-corrected chi connectivity index (χ2v) is 4.58. The maximum Gasteiger partial charge on any atom is 0.248 e. The van der Waals surface area contributed by atoms with Crippen LogP contribution in [0.15, 0.2) is 48.5 Å². The maximum absolute atomic E-state index is 11.9. The van der Waals surface area contributed by atoms with E-state index in [1.165, 1.54) is 6.07 Å². The number of hydrogen-bond acceptors (Lipinski definition) is 4. The number of anilines is 2. The molecular weight excluding hydrogens is 282 g/mol. The number of nitrogens with one attached hydrogen (secondary N) is 2. The molecule has 22 heavy (non-hydrogen) atoms. The number of methoxy groups -OCH3 is 1. The Bertz CT molecular complexity index is 669. The molecule has 0 aliphatic carbocycles. The van der Waals surface area contributed by atoms with E-state index >= 15 is 0 Å². The lowest BCUT2D eigenvalue weighted by Gasteiger charge is -2.09. The van der Waals surface area contributed by atoms with Gasteiger partial charge in [-0.2, -0.15) is 0 Å². The van der Waals surface area contributed by atoms with E-state index in [1.54, 1.807) is 37.4 Å². The number of carbonyl (C=O) groups excluding carboxylic acids is 2. The van der Waals surface area contributed by atoms with Crippen molar-refractivity contribution in [1.29, 1.82) is 0 Å². The average molecular weight is 299 g/mol. The number of ether oxygens (including phenoxy) is 1. The topological polar surface area (TPSA) is 93.4 Å². The highest BCUT2D eigenvalue weighted by atomic mass is 16.5. The standard InChI is InChI=1S/C16H17N3O3/c1-22-14-7-5-12(6-8-14)18-10-15(20)19-13-4-2-3-11(9-13)16(17)21/h2-9,18H,10H2,1H3,(H2,17,21)(H,19,20). The van der Waals surface area contributed by atoms with Crippen LogP contribution in [-0.2, 0) is 4.79 Å². The summed E-state index contributed by atoms with van der Waals surface area (Å²) in [6.45, 7) is 0.104. The predicted octanol–water partition coefficient (Wildman–Crippen LogP) is 1.84. The van der Waals surface area contributed by atoms with E-state index in [2.05, 4.69) is 10.6 Å². The molecule has 6 heteroatoms. The summed E-state index contributed by atoms with van der Waals surface area (Å²) in [6.07, 6.45) is 0. The zero-order valence-corrected chi connectivity index (χ0v) is 12.1. The highest BCUT2D eigenvalue weighted by Gasteiger charge is 2.05. The summed E-state index contributed by atoms with van der Waals surface area (Å²) in [5.74, 6) is -0.0110. The lowest BCUT2D eigenvalue weighted by Crippen LogP contribution is -2.22. The van der Waals surface area contributed by atoms with Crippen LogP contribution in [0.3, 0.4) is 0 Å². The minimum Gasteiger partial charge on any atom is -0.497 e. The molecule has 0 radical (unpaired) electrons. The van der Waals surface area contributed by atoms with Crippen LogP contribution in [-0.4, -0.2) is 25.5 Å². The Balaban J connectivity index is 1.89. The van der Waals surface area contributed by atoms with Crippen LogP contribution in [0.25, 0.3) is 0 Å². The lowest BCUT2D eigenvalue weighted by molar-refractivity contribution is -0.114. The molecule has 2 amide bonds. The molecule has 4 N–H and O–H groups in total. The third-order valence-corrected chi connectivity index (χ3v) is 2.97. The maximum atomic E-state index is 11.9. The molecule has 0 aliphatic rings. The number of amides is 2. The van der Waals surface area contributed by atoms with Crippen LogP contribution in [0, 0.1) is 0 Å². The minimum absolute atomic E-state index is 0.104. The fraction of sp³-hybridized carbons (Fsp3) is 0.125. The predicted molar refractivity (Wildman–Crippen MR) is 85.1 cm³/mol. The molecule has 6 nitrogen and oxygen atoms in total. The zero-order chi connectivity index (χ0) is 15.9. The van der Waals surface area contributed by atoms with Gasteiger partial charge in [0.05, 0.1) is 13.7 Å². The smallest absolute Gasteiger partial charge is 0.248 e. The van der Waals surface area contributed by atoms with Crippen LogP contribution >= 0.6 is 0 Å². The van der Waals surface area contributed by atoms with Gasteiger partial charge in [-0.15, -0.1) is 0 Å². The summed E-state index contributed by atoms with van der Waals surface area (Å²) in [6, 6.07) is 13.7. The quantitative estimate of drug-likeness (QED) is 0.758. The van der Waals surface area contributed by atoms with E-state index in [9.17, 15) is 9.59 Å². The molecule has 0 saturated carbocycles. The van der Waals surface area contributed by atoms with Crippen LogP contribution < -0.4 is 21.1 Å². The number of nitrogens with two attached hydrogens (primary N) is 1. The summed E-state index contributed by atoms with van der Waals surface area (Å²) in [7, 11) is 1.59. The summed E-state index contributed by atoms with van der Waals surface area (Å²) in [5, 5.41) is 5.69. The molecule has 2 aromatic carbocycles. The van der Waals surface area contributed by atoms with E-state index in [4.69, 9.17) is 10.5 Å². The monoisotopic (exact) mass is 299 g/mol. The number of hydrogen-bond donors (Lipinski definition) is 3. The van der Waals surface area contributed by atoms with Crippen molar-refractivity contribution in [3.8, 4) is 5.75 Å².